The average Bonchev–Trinajstić information content (AvgIpc) is 3.13. The van der Waals surface area contributed by atoms with Crippen molar-refractivity contribution in [2.75, 3.05) is 5.75 Å². The van der Waals surface area contributed by atoms with E-state index in [2.05, 4.69) is 5.32 Å². The summed E-state index contributed by atoms with van der Waals surface area (Å²) in [5.74, 6) is -0.160. The van der Waals surface area contributed by atoms with Crippen LogP contribution in [0.3, 0.4) is 0 Å². The van der Waals surface area contributed by atoms with E-state index in [4.69, 9.17) is 0 Å². The lowest BCUT2D eigenvalue weighted by molar-refractivity contribution is -0.125. The lowest BCUT2D eigenvalue weighted by Gasteiger charge is -2.30. The van der Waals surface area contributed by atoms with Crippen LogP contribution >= 0.6 is 11.8 Å². The number of carbonyl (C=O) groups is 2. The Morgan fingerprint density at radius 2 is 1.82 bits per heavy atom. The molecule has 1 saturated heterocycles. The van der Waals surface area contributed by atoms with Crippen LogP contribution in [-0.2, 0) is 4.79 Å². The van der Waals surface area contributed by atoms with Crippen LogP contribution in [0.4, 0.5) is 4.39 Å². The summed E-state index contributed by atoms with van der Waals surface area (Å²) in [6.07, 6.45) is 0.818. The van der Waals surface area contributed by atoms with Crippen molar-refractivity contribution in [3.8, 4) is 0 Å². The van der Waals surface area contributed by atoms with Gasteiger partial charge in [0.15, 0.2) is 0 Å². The number of halogens is 1. The normalized spacial score (nSPS) is 20.1. The highest BCUT2D eigenvalue weighted by Crippen LogP contribution is 2.42. The van der Waals surface area contributed by atoms with E-state index in [1.807, 2.05) is 32.9 Å². The monoisotopic (exact) mass is 400 g/mol. The van der Waals surface area contributed by atoms with Gasteiger partial charge in [-0.3, -0.25) is 9.59 Å². The number of nitrogens with zero attached hydrogens (tertiary/aromatic N) is 1. The molecule has 1 aliphatic heterocycles. The molecular weight excluding hydrogens is 375 g/mol. The van der Waals surface area contributed by atoms with Crippen molar-refractivity contribution >= 4 is 23.6 Å². The molecule has 3 atom stereocenters. The number of amides is 2. The van der Waals surface area contributed by atoms with Crippen LogP contribution < -0.4 is 5.32 Å². The van der Waals surface area contributed by atoms with Crippen molar-refractivity contribution in [2.24, 2.45) is 0 Å². The van der Waals surface area contributed by atoms with Crippen molar-refractivity contribution < 1.29 is 14.0 Å². The van der Waals surface area contributed by atoms with Gasteiger partial charge in [0.05, 0.1) is 0 Å². The van der Waals surface area contributed by atoms with Gasteiger partial charge in [-0.1, -0.05) is 36.8 Å². The molecule has 2 amide bonds. The smallest absolute Gasteiger partial charge is 0.255 e. The number of carbonyl (C=O) groups excluding carboxylic acids is 2. The van der Waals surface area contributed by atoms with Gasteiger partial charge in [0.1, 0.15) is 17.2 Å². The summed E-state index contributed by atoms with van der Waals surface area (Å²) in [5.41, 5.74) is 2.42. The maximum atomic E-state index is 13.4. The van der Waals surface area contributed by atoms with E-state index < -0.39 is 6.04 Å². The highest BCUT2D eigenvalue weighted by atomic mass is 32.2. The lowest BCUT2D eigenvalue weighted by Crippen LogP contribution is -2.49. The number of rotatable bonds is 5. The molecule has 0 unspecified atom stereocenters. The first-order valence-electron chi connectivity index (χ1n) is 9.47. The van der Waals surface area contributed by atoms with Crippen molar-refractivity contribution in [3.63, 3.8) is 0 Å². The first kappa shape index (κ1) is 20.4. The van der Waals surface area contributed by atoms with E-state index in [1.54, 1.807) is 29.2 Å². The number of nitrogens with one attached hydrogen (secondary N) is 1. The molecule has 0 bridgehead atoms. The molecule has 0 radical (unpaired) electrons. The van der Waals surface area contributed by atoms with Gasteiger partial charge in [0.25, 0.3) is 5.91 Å². The molecule has 1 heterocycles. The minimum absolute atomic E-state index is 0.0405. The molecule has 1 fully saturated rings. The molecule has 0 spiro atoms. The van der Waals surface area contributed by atoms with E-state index >= 15 is 0 Å². The Morgan fingerprint density at radius 3 is 2.43 bits per heavy atom. The van der Waals surface area contributed by atoms with Crippen molar-refractivity contribution in [2.45, 2.75) is 44.6 Å². The number of thioether (sulfide) groups is 1. The summed E-state index contributed by atoms with van der Waals surface area (Å²) in [6.45, 7) is 5.91. The average molecular weight is 401 g/mol. The fraction of sp³-hybridized carbons (Fsp3) is 0.364. The van der Waals surface area contributed by atoms with E-state index in [1.165, 1.54) is 23.9 Å². The van der Waals surface area contributed by atoms with Gasteiger partial charge in [-0.15, -0.1) is 11.8 Å². The summed E-state index contributed by atoms with van der Waals surface area (Å²) >= 11 is 1.53. The van der Waals surface area contributed by atoms with Gasteiger partial charge < -0.3 is 10.2 Å². The molecule has 3 rings (SSSR count). The van der Waals surface area contributed by atoms with E-state index in [9.17, 15) is 14.0 Å². The largest absolute Gasteiger partial charge is 0.352 e. The standard InChI is InChI=1S/C22H25FN2O2S/c1-4-15(3)24-20(26)19-13-28-22(17-9-11-18(23)12-10-17)25(19)21(27)16-7-5-14(2)6-8-16/h5-12,15,19,22H,4,13H2,1-3H3,(H,24,26)/t15-,19-,22-/m1/s1. The second-order valence-corrected chi connectivity index (χ2v) is 8.26. The summed E-state index contributed by atoms with van der Waals surface area (Å²) < 4.78 is 13.4. The van der Waals surface area contributed by atoms with E-state index in [0.717, 1.165) is 17.5 Å². The molecular formula is C22H25FN2O2S. The first-order chi connectivity index (χ1) is 13.4. The second-order valence-electron chi connectivity index (χ2n) is 7.15. The molecule has 4 nitrogen and oxygen atoms in total. The van der Waals surface area contributed by atoms with Crippen LogP contribution in [0.2, 0.25) is 0 Å². The molecule has 28 heavy (non-hydrogen) atoms. The molecule has 2 aromatic carbocycles. The summed E-state index contributed by atoms with van der Waals surface area (Å²) in [7, 11) is 0. The minimum Gasteiger partial charge on any atom is -0.352 e. The third-order valence-corrected chi connectivity index (χ3v) is 6.32. The topological polar surface area (TPSA) is 49.4 Å². The third-order valence-electron chi connectivity index (χ3n) is 4.99. The number of hydrogen-bond donors (Lipinski definition) is 1. The van der Waals surface area contributed by atoms with Gasteiger partial charge >= 0.3 is 0 Å². The number of benzene rings is 2. The first-order valence-corrected chi connectivity index (χ1v) is 10.5. The maximum Gasteiger partial charge on any atom is 0.255 e. The fourth-order valence-electron chi connectivity index (χ4n) is 3.13. The molecule has 2 aromatic rings. The third kappa shape index (κ3) is 4.38. The van der Waals surface area contributed by atoms with Crippen molar-refractivity contribution in [1.29, 1.82) is 0 Å². The second kappa shape index (κ2) is 8.78. The Kier molecular flexibility index (Phi) is 6.39. The van der Waals surface area contributed by atoms with Gasteiger partial charge in [0, 0.05) is 17.4 Å². The Labute approximate surface area is 169 Å². The fourth-order valence-corrected chi connectivity index (χ4v) is 4.56. The van der Waals surface area contributed by atoms with E-state index in [-0.39, 0.29) is 29.0 Å². The van der Waals surface area contributed by atoms with Crippen LogP contribution in [-0.4, -0.2) is 34.6 Å². The Balaban J connectivity index is 1.93. The summed E-state index contributed by atoms with van der Waals surface area (Å²) in [6, 6.07) is 12.9. The Morgan fingerprint density at radius 1 is 1.18 bits per heavy atom. The molecule has 0 aliphatic carbocycles. The Hall–Kier alpha value is -2.34. The molecule has 0 aromatic heterocycles. The molecule has 1 N–H and O–H groups in total. The van der Waals surface area contributed by atoms with Gasteiger partial charge in [-0.25, -0.2) is 4.39 Å². The predicted molar refractivity (Wildman–Crippen MR) is 111 cm³/mol. The summed E-state index contributed by atoms with van der Waals surface area (Å²) in [5, 5.41) is 2.66. The molecule has 1 aliphatic rings. The lowest BCUT2D eigenvalue weighted by atomic mass is 10.1. The zero-order chi connectivity index (χ0) is 20.3. The zero-order valence-corrected chi connectivity index (χ0v) is 17.1. The van der Waals surface area contributed by atoms with Gasteiger partial charge in [-0.2, -0.15) is 0 Å². The van der Waals surface area contributed by atoms with Crippen LogP contribution in [0, 0.1) is 12.7 Å². The van der Waals surface area contributed by atoms with Crippen LogP contribution in [0.5, 0.6) is 0 Å². The zero-order valence-electron chi connectivity index (χ0n) is 16.3. The van der Waals surface area contributed by atoms with Crippen LogP contribution in [0.25, 0.3) is 0 Å². The minimum atomic E-state index is -0.567. The number of aryl methyl sites for hydroxylation is 1. The quantitative estimate of drug-likeness (QED) is 0.814. The van der Waals surface area contributed by atoms with Gasteiger partial charge in [0.2, 0.25) is 5.91 Å². The number of hydrogen-bond acceptors (Lipinski definition) is 3. The molecule has 148 valence electrons. The maximum absolute atomic E-state index is 13.4. The summed E-state index contributed by atoms with van der Waals surface area (Å²) in [4.78, 5) is 27.8. The highest BCUT2D eigenvalue weighted by molar-refractivity contribution is 7.99. The Bertz CT molecular complexity index is 839. The molecule has 0 saturated carbocycles. The van der Waals surface area contributed by atoms with Crippen molar-refractivity contribution in [1.82, 2.24) is 10.2 Å². The van der Waals surface area contributed by atoms with Crippen LogP contribution in [0.1, 0.15) is 47.1 Å². The van der Waals surface area contributed by atoms with Crippen molar-refractivity contribution in [3.05, 3.63) is 71.0 Å². The van der Waals surface area contributed by atoms with E-state index in [0.29, 0.717) is 11.3 Å². The van der Waals surface area contributed by atoms with Crippen LogP contribution in [0.15, 0.2) is 48.5 Å². The molecule has 6 heteroatoms. The predicted octanol–water partition coefficient (Wildman–Crippen LogP) is 4.31. The van der Waals surface area contributed by atoms with Gasteiger partial charge in [-0.05, 0) is 50.1 Å². The SMILES string of the molecule is CC[C@@H](C)NC(=O)[C@H]1CS[C@H](c2ccc(F)cc2)N1C(=O)c1ccc(C)cc1. The highest BCUT2D eigenvalue weighted by Gasteiger charge is 2.42.